The highest BCUT2D eigenvalue weighted by Crippen LogP contribution is 2.43. The van der Waals surface area contributed by atoms with E-state index >= 15 is 0 Å². The molecule has 2 N–H and O–H groups in total. The summed E-state index contributed by atoms with van der Waals surface area (Å²) in [5.74, 6) is 0.588. The molecule has 31 heavy (non-hydrogen) atoms. The summed E-state index contributed by atoms with van der Waals surface area (Å²) in [6.45, 7) is 4.54. The SMILES string of the molecule is CC12C=C(c3ccn4cc(-c5ncc(-n6nccn6)cc5O)nc4n3)CC(C)(CC1)N2. The number of rotatable bonds is 3. The van der Waals surface area contributed by atoms with Crippen LogP contribution in [0.2, 0.25) is 0 Å². The van der Waals surface area contributed by atoms with Crippen molar-refractivity contribution in [1.29, 1.82) is 0 Å². The Morgan fingerprint density at radius 3 is 2.68 bits per heavy atom. The second-order valence-corrected chi connectivity index (χ2v) is 8.98. The van der Waals surface area contributed by atoms with Crippen LogP contribution in [0, 0.1) is 0 Å². The topological polar surface area (TPSA) is 106 Å². The Kier molecular flexibility index (Phi) is 3.64. The zero-order chi connectivity index (χ0) is 21.2. The molecule has 0 amide bonds. The van der Waals surface area contributed by atoms with Gasteiger partial charge in [0.05, 0.1) is 24.3 Å². The molecule has 2 aliphatic heterocycles. The minimum Gasteiger partial charge on any atom is -0.506 e. The van der Waals surface area contributed by atoms with Crippen molar-refractivity contribution in [3.63, 3.8) is 0 Å². The molecule has 6 rings (SSSR count). The van der Waals surface area contributed by atoms with E-state index < -0.39 is 0 Å². The van der Waals surface area contributed by atoms with Crippen molar-refractivity contribution >= 4 is 11.4 Å². The lowest BCUT2D eigenvalue weighted by molar-refractivity contribution is 0.358. The Hall–Kier alpha value is -3.59. The molecule has 0 aliphatic carbocycles. The molecule has 0 saturated carbocycles. The van der Waals surface area contributed by atoms with Crippen molar-refractivity contribution in [2.45, 2.75) is 44.2 Å². The van der Waals surface area contributed by atoms with E-state index in [1.54, 1.807) is 24.7 Å². The Labute approximate surface area is 178 Å². The molecule has 4 aromatic rings. The summed E-state index contributed by atoms with van der Waals surface area (Å²) in [5, 5.41) is 22.4. The van der Waals surface area contributed by atoms with Crippen LogP contribution in [0.1, 0.15) is 38.8 Å². The fourth-order valence-electron chi connectivity index (χ4n) is 4.87. The van der Waals surface area contributed by atoms with Gasteiger partial charge >= 0.3 is 0 Å². The van der Waals surface area contributed by atoms with Gasteiger partial charge in [-0.15, -0.1) is 4.80 Å². The van der Waals surface area contributed by atoms with Crippen LogP contribution in [-0.2, 0) is 0 Å². The largest absolute Gasteiger partial charge is 0.506 e. The summed E-state index contributed by atoms with van der Waals surface area (Å²) in [4.78, 5) is 15.2. The Bertz CT molecular complexity index is 1340. The molecule has 2 bridgehead atoms. The minimum atomic E-state index is 0.0110. The molecular formula is C22H22N8O. The van der Waals surface area contributed by atoms with Crippen LogP contribution in [-0.4, -0.2) is 50.5 Å². The van der Waals surface area contributed by atoms with Gasteiger partial charge in [-0.05, 0) is 44.7 Å². The maximum absolute atomic E-state index is 10.5. The predicted octanol–water partition coefficient (Wildman–Crippen LogP) is 2.77. The molecule has 0 aromatic carbocycles. The first-order valence-electron chi connectivity index (χ1n) is 10.3. The number of pyridine rings is 1. The lowest BCUT2D eigenvalue weighted by atomic mass is 9.87. The van der Waals surface area contributed by atoms with Crippen LogP contribution in [0.25, 0.3) is 28.4 Å². The van der Waals surface area contributed by atoms with Crippen LogP contribution in [0.3, 0.4) is 0 Å². The normalized spacial score (nSPS) is 25.2. The van der Waals surface area contributed by atoms with Gasteiger partial charge in [-0.25, -0.2) is 15.0 Å². The molecule has 9 nitrogen and oxygen atoms in total. The zero-order valence-electron chi connectivity index (χ0n) is 17.3. The van der Waals surface area contributed by atoms with E-state index in [0.29, 0.717) is 22.9 Å². The Morgan fingerprint density at radius 2 is 1.90 bits per heavy atom. The molecule has 0 radical (unpaired) electrons. The molecule has 1 fully saturated rings. The van der Waals surface area contributed by atoms with Crippen molar-refractivity contribution in [3.8, 4) is 22.8 Å². The zero-order valence-corrected chi connectivity index (χ0v) is 17.3. The third-order valence-corrected chi connectivity index (χ3v) is 6.26. The molecule has 1 saturated heterocycles. The van der Waals surface area contributed by atoms with Crippen LogP contribution < -0.4 is 5.32 Å². The number of hydrogen-bond donors (Lipinski definition) is 2. The van der Waals surface area contributed by atoms with Crippen LogP contribution >= 0.6 is 0 Å². The minimum absolute atomic E-state index is 0.0110. The van der Waals surface area contributed by atoms with Crippen molar-refractivity contribution in [1.82, 2.24) is 39.7 Å². The third kappa shape index (κ3) is 3.00. The first-order valence-corrected chi connectivity index (χ1v) is 10.3. The van der Waals surface area contributed by atoms with E-state index in [0.717, 1.165) is 25.0 Å². The molecular weight excluding hydrogens is 392 g/mol. The fourth-order valence-corrected chi connectivity index (χ4v) is 4.87. The summed E-state index contributed by atoms with van der Waals surface area (Å²) >= 11 is 0. The number of fused-ring (bicyclic) bond motifs is 3. The maximum Gasteiger partial charge on any atom is 0.234 e. The molecule has 156 valence electrons. The number of imidazole rings is 1. The van der Waals surface area contributed by atoms with E-state index in [1.165, 1.54) is 10.4 Å². The van der Waals surface area contributed by atoms with Gasteiger partial charge in [0.2, 0.25) is 5.78 Å². The van der Waals surface area contributed by atoms with Gasteiger partial charge < -0.3 is 10.4 Å². The first-order chi connectivity index (χ1) is 14.9. The van der Waals surface area contributed by atoms with Crippen molar-refractivity contribution < 1.29 is 5.11 Å². The maximum atomic E-state index is 10.5. The second kappa shape index (κ2) is 6.21. The van der Waals surface area contributed by atoms with Crippen LogP contribution in [0.5, 0.6) is 5.75 Å². The lowest BCUT2D eigenvalue weighted by Gasteiger charge is -2.36. The monoisotopic (exact) mass is 414 g/mol. The number of hydrogen-bond acceptors (Lipinski definition) is 7. The molecule has 9 heteroatoms. The lowest BCUT2D eigenvalue weighted by Crippen LogP contribution is -2.49. The van der Waals surface area contributed by atoms with E-state index in [9.17, 15) is 5.11 Å². The standard InChI is InChI=1S/C22H22N8O/c1-21-4-5-22(2,28-21)11-14(10-21)16-3-8-29-13-17(27-20(29)26-16)19-18(31)9-15(12-23-19)30-24-6-7-25-30/h3,6-10,12-13,28,31H,4-5,11H2,1-2H3. The summed E-state index contributed by atoms with van der Waals surface area (Å²) < 4.78 is 1.85. The summed E-state index contributed by atoms with van der Waals surface area (Å²) in [6, 6.07) is 3.60. The summed E-state index contributed by atoms with van der Waals surface area (Å²) in [6.07, 6.45) is 14.1. The number of nitrogens with zero attached hydrogens (tertiary/aromatic N) is 7. The molecule has 6 heterocycles. The number of nitrogens with one attached hydrogen (secondary N) is 1. The van der Waals surface area contributed by atoms with Crippen LogP contribution in [0.15, 0.2) is 49.2 Å². The van der Waals surface area contributed by atoms with Crippen molar-refractivity contribution in [2.24, 2.45) is 0 Å². The van der Waals surface area contributed by atoms with Crippen molar-refractivity contribution in [2.75, 3.05) is 0 Å². The first kappa shape index (κ1) is 18.2. The average molecular weight is 414 g/mol. The highest BCUT2D eigenvalue weighted by atomic mass is 16.3. The van der Waals surface area contributed by atoms with Crippen molar-refractivity contribution in [3.05, 3.63) is 54.9 Å². The van der Waals surface area contributed by atoms with Gasteiger partial charge in [-0.3, -0.25) is 4.40 Å². The average Bonchev–Trinajstić information content (AvgIpc) is 3.45. The second-order valence-electron chi connectivity index (χ2n) is 8.98. The quantitative estimate of drug-likeness (QED) is 0.531. The highest BCUT2D eigenvalue weighted by molar-refractivity contribution is 5.69. The van der Waals surface area contributed by atoms with Gasteiger partial charge in [-0.1, -0.05) is 6.08 Å². The van der Waals surface area contributed by atoms with E-state index in [-0.39, 0.29) is 16.8 Å². The predicted molar refractivity (Wildman–Crippen MR) is 115 cm³/mol. The van der Waals surface area contributed by atoms with E-state index in [1.807, 2.05) is 22.9 Å². The molecule has 4 aromatic heterocycles. The van der Waals surface area contributed by atoms with Gasteiger partial charge in [0.15, 0.2) is 0 Å². The van der Waals surface area contributed by atoms with Gasteiger partial charge in [-0.2, -0.15) is 10.2 Å². The van der Waals surface area contributed by atoms with Crippen LogP contribution in [0.4, 0.5) is 0 Å². The Balaban J connectivity index is 1.37. The highest BCUT2D eigenvalue weighted by Gasteiger charge is 2.44. The Morgan fingerprint density at radius 1 is 1.10 bits per heavy atom. The van der Waals surface area contributed by atoms with Gasteiger partial charge in [0.25, 0.3) is 0 Å². The summed E-state index contributed by atoms with van der Waals surface area (Å²) in [7, 11) is 0. The molecule has 2 aliphatic rings. The van der Waals surface area contributed by atoms with E-state index in [2.05, 4.69) is 45.4 Å². The van der Waals surface area contributed by atoms with Gasteiger partial charge in [0.1, 0.15) is 22.8 Å². The number of aromatic nitrogens is 7. The molecule has 0 spiro atoms. The molecule has 2 unspecified atom stereocenters. The fraction of sp³-hybridized carbons (Fsp3) is 0.318. The molecule has 2 atom stereocenters. The van der Waals surface area contributed by atoms with Gasteiger partial charge in [0, 0.05) is 29.5 Å². The summed E-state index contributed by atoms with van der Waals surface area (Å²) in [5.41, 5.74) is 3.87. The smallest absolute Gasteiger partial charge is 0.234 e. The number of aromatic hydroxyl groups is 1. The third-order valence-electron chi connectivity index (χ3n) is 6.26. The van der Waals surface area contributed by atoms with E-state index in [4.69, 9.17) is 4.98 Å².